The Bertz CT molecular complexity index is 829. The summed E-state index contributed by atoms with van der Waals surface area (Å²) in [6.45, 7) is 4.31. The molecule has 1 amide bonds. The van der Waals surface area contributed by atoms with Crippen LogP contribution in [0.25, 0.3) is 0 Å². The lowest BCUT2D eigenvalue weighted by Gasteiger charge is -2.37. The van der Waals surface area contributed by atoms with E-state index in [1.807, 2.05) is 53.1 Å². The molecule has 2 aromatic rings. The molecular formula is C21H22FN3OS. The molecule has 4 nitrogen and oxygen atoms in total. The molecule has 0 radical (unpaired) electrons. The Kier molecular flexibility index (Phi) is 6.36. The first kappa shape index (κ1) is 19.2. The quantitative estimate of drug-likeness (QED) is 0.738. The molecule has 1 heterocycles. The Morgan fingerprint density at radius 1 is 1.19 bits per heavy atom. The SMILES string of the molecule is CC(CSc1ccccc1)C(=O)N1CCN(c2ccc(C#N)cc2F)CC1. The lowest BCUT2D eigenvalue weighted by molar-refractivity contribution is -0.134. The first-order valence-corrected chi connectivity index (χ1v) is 9.98. The number of benzene rings is 2. The zero-order chi connectivity index (χ0) is 19.2. The van der Waals surface area contributed by atoms with Crippen molar-refractivity contribution in [1.29, 1.82) is 5.26 Å². The van der Waals surface area contributed by atoms with E-state index in [1.54, 1.807) is 23.9 Å². The zero-order valence-corrected chi connectivity index (χ0v) is 16.1. The molecule has 2 aromatic carbocycles. The number of halogens is 1. The van der Waals surface area contributed by atoms with Crippen molar-refractivity contribution in [2.75, 3.05) is 36.8 Å². The van der Waals surface area contributed by atoms with Crippen molar-refractivity contribution < 1.29 is 9.18 Å². The van der Waals surface area contributed by atoms with Crippen LogP contribution in [0.4, 0.5) is 10.1 Å². The van der Waals surface area contributed by atoms with Crippen LogP contribution in [0.5, 0.6) is 0 Å². The zero-order valence-electron chi connectivity index (χ0n) is 15.3. The number of carbonyl (C=O) groups excluding carboxylic acids is 1. The monoisotopic (exact) mass is 383 g/mol. The number of amides is 1. The van der Waals surface area contributed by atoms with Crippen molar-refractivity contribution in [2.24, 2.45) is 5.92 Å². The first-order valence-electron chi connectivity index (χ1n) is 8.99. The van der Waals surface area contributed by atoms with Gasteiger partial charge in [0.15, 0.2) is 0 Å². The Morgan fingerprint density at radius 3 is 2.52 bits per heavy atom. The highest BCUT2D eigenvalue weighted by atomic mass is 32.2. The Balaban J connectivity index is 1.52. The van der Waals surface area contributed by atoms with Crippen molar-refractivity contribution in [3.8, 4) is 6.07 Å². The fraction of sp³-hybridized carbons (Fsp3) is 0.333. The molecule has 1 unspecified atom stereocenters. The lowest BCUT2D eigenvalue weighted by Crippen LogP contribution is -2.50. The summed E-state index contributed by atoms with van der Waals surface area (Å²) in [7, 11) is 0. The van der Waals surface area contributed by atoms with Crippen LogP contribution >= 0.6 is 11.8 Å². The van der Waals surface area contributed by atoms with Gasteiger partial charge in [-0.1, -0.05) is 25.1 Å². The van der Waals surface area contributed by atoms with Crippen molar-refractivity contribution in [1.82, 2.24) is 4.90 Å². The summed E-state index contributed by atoms with van der Waals surface area (Å²) in [4.78, 5) is 17.7. The Morgan fingerprint density at radius 2 is 1.89 bits per heavy atom. The number of nitrogens with zero attached hydrogens (tertiary/aromatic N) is 3. The minimum atomic E-state index is -0.388. The van der Waals surface area contributed by atoms with Gasteiger partial charge in [-0.15, -0.1) is 11.8 Å². The highest BCUT2D eigenvalue weighted by Crippen LogP contribution is 2.24. The number of piperazine rings is 1. The molecule has 140 valence electrons. The highest BCUT2D eigenvalue weighted by Gasteiger charge is 2.26. The third-order valence-corrected chi connectivity index (χ3v) is 5.95. The molecule has 1 atom stereocenters. The summed E-state index contributed by atoms with van der Waals surface area (Å²) in [6, 6.07) is 16.5. The number of anilines is 1. The standard InChI is InChI=1S/C21H22FN3OS/c1-16(15-27-18-5-3-2-4-6-18)21(26)25-11-9-24(10-12-25)20-8-7-17(14-23)13-19(20)22/h2-8,13,16H,9-12,15H2,1H3. The van der Waals surface area contributed by atoms with Gasteiger partial charge in [0.1, 0.15) is 5.82 Å². The molecule has 0 aromatic heterocycles. The molecular weight excluding hydrogens is 361 g/mol. The van der Waals surface area contributed by atoms with Crippen LogP contribution in [0.3, 0.4) is 0 Å². The van der Waals surface area contributed by atoms with Gasteiger partial charge in [-0.2, -0.15) is 5.26 Å². The largest absolute Gasteiger partial charge is 0.366 e. The third-order valence-electron chi connectivity index (χ3n) is 4.67. The topological polar surface area (TPSA) is 47.3 Å². The smallest absolute Gasteiger partial charge is 0.226 e. The number of carbonyl (C=O) groups is 1. The summed E-state index contributed by atoms with van der Waals surface area (Å²) < 4.78 is 14.2. The molecule has 0 N–H and O–H groups in total. The van der Waals surface area contributed by atoms with E-state index in [0.717, 1.165) is 5.75 Å². The van der Waals surface area contributed by atoms with Crippen molar-refractivity contribution in [3.05, 3.63) is 59.9 Å². The highest BCUT2D eigenvalue weighted by molar-refractivity contribution is 7.99. The van der Waals surface area contributed by atoms with E-state index in [-0.39, 0.29) is 17.6 Å². The summed E-state index contributed by atoms with van der Waals surface area (Å²) in [5, 5.41) is 8.85. The van der Waals surface area contributed by atoms with Gasteiger partial charge in [0.05, 0.1) is 17.3 Å². The summed E-state index contributed by atoms with van der Waals surface area (Å²) in [5.74, 6) is 0.445. The van der Waals surface area contributed by atoms with Crippen LogP contribution in [0.15, 0.2) is 53.4 Å². The second-order valence-electron chi connectivity index (χ2n) is 6.62. The Labute approximate surface area is 163 Å². The molecule has 0 aliphatic carbocycles. The van der Waals surface area contributed by atoms with Gasteiger partial charge in [0.25, 0.3) is 0 Å². The Hall–Kier alpha value is -2.52. The van der Waals surface area contributed by atoms with Crippen LogP contribution in [0.2, 0.25) is 0 Å². The minimum absolute atomic E-state index is 0.0617. The maximum Gasteiger partial charge on any atom is 0.226 e. The van der Waals surface area contributed by atoms with Gasteiger partial charge in [-0.05, 0) is 30.3 Å². The molecule has 1 fully saturated rings. The first-order chi connectivity index (χ1) is 13.1. The van der Waals surface area contributed by atoms with Crippen molar-refractivity contribution in [3.63, 3.8) is 0 Å². The molecule has 0 bridgehead atoms. The van der Waals surface area contributed by atoms with Crippen LogP contribution in [-0.2, 0) is 4.79 Å². The van der Waals surface area contributed by atoms with Gasteiger partial charge in [-0.25, -0.2) is 4.39 Å². The summed E-state index contributed by atoms with van der Waals surface area (Å²) in [6.07, 6.45) is 0. The van der Waals surface area contributed by atoms with Crippen LogP contribution < -0.4 is 4.90 Å². The molecule has 1 aliphatic rings. The predicted molar refractivity (Wildman–Crippen MR) is 106 cm³/mol. The minimum Gasteiger partial charge on any atom is -0.366 e. The van der Waals surface area contributed by atoms with Crippen LogP contribution in [0, 0.1) is 23.1 Å². The number of nitriles is 1. The van der Waals surface area contributed by atoms with Crippen molar-refractivity contribution in [2.45, 2.75) is 11.8 Å². The van der Waals surface area contributed by atoms with E-state index in [9.17, 15) is 9.18 Å². The molecule has 3 rings (SSSR count). The number of hydrogen-bond acceptors (Lipinski definition) is 4. The van der Waals surface area contributed by atoms with E-state index in [2.05, 4.69) is 0 Å². The summed E-state index contributed by atoms with van der Waals surface area (Å²) in [5.41, 5.74) is 0.809. The maximum atomic E-state index is 14.2. The molecule has 0 spiro atoms. The average molecular weight is 383 g/mol. The van der Waals surface area contributed by atoms with Gasteiger partial charge in [0.2, 0.25) is 5.91 Å². The second kappa shape index (κ2) is 8.92. The van der Waals surface area contributed by atoms with Gasteiger partial charge in [-0.3, -0.25) is 4.79 Å². The van der Waals surface area contributed by atoms with Gasteiger partial charge >= 0.3 is 0 Å². The van der Waals surface area contributed by atoms with Crippen LogP contribution in [-0.4, -0.2) is 42.7 Å². The second-order valence-corrected chi connectivity index (χ2v) is 7.71. The number of thioether (sulfide) groups is 1. The van der Waals surface area contributed by atoms with E-state index >= 15 is 0 Å². The van der Waals surface area contributed by atoms with Gasteiger partial charge < -0.3 is 9.80 Å². The van der Waals surface area contributed by atoms with E-state index in [0.29, 0.717) is 37.4 Å². The van der Waals surface area contributed by atoms with E-state index < -0.39 is 0 Å². The fourth-order valence-electron chi connectivity index (χ4n) is 3.12. The molecule has 1 aliphatic heterocycles. The lowest BCUT2D eigenvalue weighted by atomic mass is 10.1. The summed E-state index contributed by atoms with van der Waals surface area (Å²) >= 11 is 1.69. The average Bonchev–Trinajstić information content (AvgIpc) is 2.72. The van der Waals surface area contributed by atoms with Crippen LogP contribution in [0.1, 0.15) is 12.5 Å². The van der Waals surface area contributed by atoms with E-state index in [1.165, 1.54) is 11.0 Å². The molecule has 1 saturated heterocycles. The van der Waals surface area contributed by atoms with Crippen molar-refractivity contribution >= 4 is 23.4 Å². The molecule has 6 heteroatoms. The predicted octanol–water partition coefficient (Wildman–Crippen LogP) is 3.77. The fourth-order valence-corrected chi connectivity index (χ4v) is 4.06. The van der Waals surface area contributed by atoms with E-state index in [4.69, 9.17) is 5.26 Å². The van der Waals surface area contributed by atoms with Gasteiger partial charge in [0, 0.05) is 42.7 Å². The normalized spacial score (nSPS) is 15.3. The number of rotatable bonds is 5. The molecule has 27 heavy (non-hydrogen) atoms. The number of hydrogen-bond donors (Lipinski definition) is 0. The maximum absolute atomic E-state index is 14.2. The third kappa shape index (κ3) is 4.81. The molecule has 0 saturated carbocycles.